The van der Waals surface area contributed by atoms with E-state index in [9.17, 15) is 4.79 Å². The standard InChI is InChI=1S/C23H18BrClN4O3/c1-31-18-10-11-20(32-2)19(13-18)26-23(30)21-27-22(14-4-3-5-16(25)12-14)29(28-21)17-8-6-15(24)7-9-17/h3-13H,1-2H3,(H,26,30). The van der Waals surface area contributed by atoms with Crippen molar-refractivity contribution in [1.29, 1.82) is 0 Å². The molecule has 4 rings (SSSR count). The summed E-state index contributed by atoms with van der Waals surface area (Å²) >= 11 is 9.62. The maximum atomic E-state index is 13.1. The summed E-state index contributed by atoms with van der Waals surface area (Å²) in [6, 6.07) is 19.9. The number of hydrogen-bond donors (Lipinski definition) is 1. The van der Waals surface area contributed by atoms with Crippen molar-refractivity contribution in [2.45, 2.75) is 0 Å². The number of amides is 1. The molecule has 0 bridgehead atoms. The first-order chi connectivity index (χ1) is 15.5. The monoisotopic (exact) mass is 512 g/mol. The molecule has 0 unspecified atom stereocenters. The molecule has 0 atom stereocenters. The van der Waals surface area contributed by atoms with E-state index in [-0.39, 0.29) is 5.82 Å². The Bertz CT molecular complexity index is 1270. The fraction of sp³-hybridized carbons (Fsp3) is 0.0870. The van der Waals surface area contributed by atoms with Crippen molar-refractivity contribution in [1.82, 2.24) is 14.8 Å². The van der Waals surface area contributed by atoms with E-state index < -0.39 is 5.91 Å². The fourth-order valence-electron chi connectivity index (χ4n) is 3.07. The van der Waals surface area contributed by atoms with E-state index in [4.69, 9.17) is 21.1 Å². The van der Waals surface area contributed by atoms with Crippen LogP contribution in [0, 0.1) is 0 Å². The summed E-state index contributed by atoms with van der Waals surface area (Å²) in [6.45, 7) is 0. The van der Waals surface area contributed by atoms with Gasteiger partial charge in [-0.1, -0.05) is 39.7 Å². The van der Waals surface area contributed by atoms with Gasteiger partial charge in [0.05, 0.1) is 25.6 Å². The van der Waals surface area contributed by atoms with Crippen LogP contribution in [-0.4, -0.2) is 34.9 Å². The quantitative estimate of drug-likeness (QED) is 0.362. The van der Waals surface area contributed by atoms with Crippen molar-refractivity contribution >= 4 is 39.1 Å². The zero-order valence-electron chi connectivity index (χ0n) is 17.2. The molecule has 162 valence electrons. The number of benzene rings is 3. The number of anilines is 1. The maximum Gasteiger partial charge on any atom is 0.295 e. The largest absolute Gasteiger partial charge is 0.497 e. The van der Waals surface area contributed by atoms with Gasteiger partial charge in [-0.05, 0) is 48.5 Å². The molecule has 0 saturated heterocycles. The second kappa shape index (κ2) is 9.42. The summed E-state index contributed by atoms with van der Waals surface area (Å²) in [4.78, 5) is 17.6. The Hall–Kier alpha value is -3.36. The van der Waals surface area contributed by atoms with Crippen molar-refractivity contribution in [3.05, 3.63) is 82.0 Å². The second-order valence-corrected chi connectivity index (χ2v) is 8.03. The first kappa shape index (κ1) is 21.9. The van der Waals surface area contributed by atoms with E-state index in [1.165, 1.54) is 7.11 Å². The molecule has 1 heterocycles. The summed E-state index contributed by atoms with van der Waals surface area (Å²) in [5, 5.41) is 7.83. The van der Waals surface area contributed by atoms with E-state index >= 15 is 0 Å². The smallest absolute Gasteiger partial charge is 0.295 e. The van der Waals surface area contributed by atoms with Crippen molar-refractivity contribution in [2.24, 2.45) is 0 Å². The van der Waals surface area contributed by atoms with Gasteiger partial charge in [0.15, 0.2) is 5.82 Å². The van der Waals surface area contributed by atoms with Gasteiger partial charge < -0.3 is 14.8 Å². The first-order valence-electron chi connectivity index (χ1n) is 9.51. The van der Waals surface area contributed by atoms with Gasteiger partial charge in [-0.2, -0.15) is 0 Å². The highest BCUT2D eigenvalue weighted by Crippen LogP contribution is 2.30. The van der Waals surface area contributed by atoms with Crippen LogP contribution >= 0.6 is 27.5 Å². The summed E-state index contributed by atoms with van der Waals surface area (Å²) in [6.07, 6.45) is 0. The minimum absolute atomic E-state index is 0.00670. The summed E-state index contributed by atoms with van der Waals surface area (Å²) < 4.78 is 13.1. The van der Waals surface area contributed by atoms with Crippen LogP contribution in [-0.2, 0) is 0 Å². The molecular weight excluding hydrogens is 496 g/mol. The Morgan fingerprint density at radius 2 is 1.81 bits per heavy atom. The molecule has 1 N–H and O–H groups in total. The number of carbonyl (C=O) groups is 1. The van der Waals surface area contributed by atoms with Gasteiger partial charge in [0.2, 0.25) is 5.82 Å². The lowest BCUT2D eigenvalue weighted by atomic mass is 10.2. The van der Waals surface area contributed by atoms with E-state index in [0.29, 0.717) is 28.0 Å². The lowest BCUT2D eigenvalue weighted by Gasteiger charge is -2.10. The molecule has 0 radical (unpaired) electrons. The molecule has 0 spiro atoms. The van der Waals surface area contributed by atoms with Gasteiger partial charge >= 0.3 is 0 Å². The number of carbonyl (C=O) groups excluding carboxylic acids is 1. The molecule has 4 aromatic rings. The number of methoxy groups -OCH3 is 2. The third-order valence-corrected chi connectivity index (χ3v) is 5.38. The van der Waals surface area contributed by atoms with Gasteiger partial charge in [-0.3, -0.25) is 4.79 Å². The molecule has 9 heteroatoms. The molecule has 0 fully saturated rings. The van der Waals surface area contributed by atoms with Gasteiger partial charge in [0.25, 0.3) is 5.91 Å². The third-order valence-electron chi connectivity index (χ3n) is 4.62. The van der Waals surface area contributed by atoms with E-state index in [0.717, 1.165) is 15.7 Å². The summed E-state index contributed by atoms with van der Waals surface area (Å²) in [5.74, 6) is 1.05. The first-order valence-corrected chi connectivity index (χ1v) is 10.7. The fourth-order valence-corrected chi connectivity index (χ4v) is 3.53. The predicted octanol–water partition coefficient (Wildman–Crippen LogP) is 5.62. The summed E-state index contributed by atoms with van der Waals surface area (Å²) in [5.41, 5.74) is 1.92. The van der Waals surface area contributed by atoms with Gasteiger partial charge in [0.1, 0.15) is 11.5 Å². The zero-order valence-corrected chi connectivity index (χ0v) is 19.5. The molecular formula is C23H18BrClN4O3. The van der Waals surface area contributed by atoms with Crippen LogP contribution in [0.1, 0.15) is 10.6 Å². The van der Waals surface area contributed by atoms with Crippen LogP contribution in [0.15, 0.2) is 71.2 Å². The molecule has 0 aliphatic heterocycles. The van der Waals surface area contributed by atoms with Crippen LogP contribution in [0.4, 0.5) is 5.69 Å². The van der Waals surface area contributed by atoms with Crippen molar-refractivity contribution in [2.75, 3.05) is 19.5 Å². The topological polar surface area (TPSA) is 78.3 Å². The number of ether oxygens (including phenoxy) is 2. The molecule has 3 aromatic carbocycles. The third kappa shape index (κ3) is 4.61. The van der Waals surface area contributed by atoms with Gasteiger partial charge in [0, 0.05) is 21.1 Å². The predicted molar refractivity (Wildman–Crippen MR) is 127 cm³/mol. The highest BCUT2D eigenvalue weighted by atomic mass is 79.9. The Balaban J connectivity index is 1.76. The minimum atomic E-state index is -0.490. The number of nitrogens with zero attached hydrogens (tertiary/aromatic N) is 3. The Kier molecular flexibility index (Phi) is 6.43. The van der Waals surface area contributed by atoms with Gasteiger partial charge in [-0.25, -0.2) is 9.67 Å². The van der Waals surface area contributed by atoms with Crippen LogP contribution in [0.25, 0.3) is 17.1 Å². The highest BCUT2D eigenvalue weighted by molar-refractivity contribution is 9.10. The molecule has 7 nitrogen and oxygen atoms in total. The Morgan fingerprint density at radius 3 is 2.50 bits per heavy atom. The number of hydrogen-bond acceptors (Lipinski definition) is 5. The molecule has 1 amide bonds. The molecule has 32 heavy (non-hydrogen) atoms. The second-order valence-electron chi connectivity index (χ2n) is 6.68. The summed E-state index contributed by atoms with van der Waals surface area (Å²) in [7, 11) is 3.07. The van der Waals surface area contributed by atoms with E-state index in [1.54, 1.807) is 42.1 Å². The van der Waals surface area contributed by atoms with E-state index in [1.807, 2.05) is 36.4 Å². The van der Waals surface area contributed by atoms with Crippen molar-refractivity contribution in [3.63, 3.8) is 0 Å². The number of aromatic nitrogens is 3. The zero-order chi connectivity index (χ0) is 22.7. The normalized spacial score (nSPS) is 10.6. The maximum absolute atomic E-state index is 13.1. The highest BCUT2D eigenvalue weighted by Gasteiger charge is 2.20. The average molecular weight is 514 g/mol. The minimum Gasteiger partial charge on any atom is -0.497 e. The Labute approximate surface area is 198 Å². The number of nitrogens with one attached hydrogen (secondary N) is 1. The lowest BCUT2D eigenvalue weighted by Crippen LogP contribution is -2.15. The molecule has 0 saturated carbocycles. The Morgan fingerprint density at radius 1 is 1.03 bits per heavy atom. The SMILES string of the molecule is COc1ccc(OC)c(NC(=O)c2nc(-c3cccc(Cl)c3)n(-c3ccc(Br)cc3)n2)c1. The van der Waals surface area contributed by atoms with Gasteiger partial charge in [-0.15, -0.1) is 5.10 Å². The van der Waals surface area contributed by atoms with Crippen LogP contribution < -0.4 is 14.8 Å². The van der Waals surface area contributed by atoms with Crippen LogP contribution in [0.5, 0.6) is 11.5 Å². The molecule has 1 aromatic heterocycles. The molecule has 0 aliphatic rings. The van der Waals surface area contributed by atoms with Crippen LogP contribution in [0.2, 0.25) is 5.02 Å². The van der Waals surface area contributed by atoms with Crippen molar-refractivity contribution < 1.29 is 14.3 Å². The molecule has 0 aliphatic carbocycles. The van der Waals surface area contributed by atoms with E-state index in [2.05, 4.69) is 31.3 Å². The number of rotatable bonds is 6. The average Bonchev–Trinajstić information content (AvgIpc) is 3.25. The van der Waals surface area contributed by atoms with Crippen LogP contribution in [0.3, 0.4) is 0 Å². The lowest BCUT2D eigenvalue weighted by molar-refractivity contribution is 0.101. The van der Waals surface area contributed by atoms with Crippen molar-refractivity contribution in [3.8, 4) is 28.6 Å². The number of halogens is 2.